The number of carbonyl (C=O) groups excluding carboxylic acids is 3. The standard InChI is InChI=1S/C22H18Cl2N4O3S/c23-14-5-3-4-13(20(14)24)12-17-21(30)28(22(31)32-17)11-10-25-19(29)9-8-18-26-15-6-1-2-7-16(15)27-18/h1-7,12H,8-11H2,(H,25,29)(H,26,27)/b17-12-. The molecule has 0 atom stereocenters. The number of aromatic nitrogens is 2. The number of aryl methyl sites for hydroxylation is 1. The van der Waals surface area contributed by atoms with E-state index in [1.165, 1.54) is 0 Å². The lowest BCUT2D eigenvalue weighted by atomic mass is 10.2. The van der Waals surface area contributed by atoms with Crippen molar-refractivity contribution < 1.29 is 14.4 Å². The summed E-state index contributed by atoms with van der Waals surface area (Å²) in [7, 11) is 0. The molecular formula is C22H18Cl2N4O3S. The molecule has 0 radical (unpaired) electrons. The lowest BCUT2D eigenvalue weighted by molar-refractivity contribution is -0.124. The van der Waals surface area contributed by atoms with Gasteiger partial charge < -0.3 is 10.3 Å². The van der Waals surface area contributed by atoms with Gasteiger partial charge in [-0.3, -0.25) is 19.3 Å². The molecule has 1 aliphatic rings. The van der Waals surface area contributed by atoms with Crippen LogP contribution in [0.2, 0.25) is 10.0 Å². The van der Waals surface area contributed by atoms with Crippen LogP contribution >= 0.6 is 35.0 Å². The van der Waals surface area contributed by atoms with Gasteiger partial charge in [0.2, 0.25) is 5.91 Å². The summed E-state index contributed by atoms with van der Waals surface area (Å²) < 4.78 is 0. The van der Waals surface area contributed by atoms with E-state index in [0.717, 1.165) is 33.5 Å². The molecule has 1 aliphatic heterocycles. The second-order valence-corrected chi connectivity index (χ2v) is 8.81. The largest absolute Gasteiger partial charge is 0.354 e. The molecule has 3 amide bonds. The van der Waals surface area contributed by atoms with Crippen molar-refractivity contribution in [2.45, 2.75) is 12.8 Å². The van der Waals surface area contributed by atoms with E-state index in [0.29, 0.717) is 22.0 Å². The number of hydrogen-bond donors (Lipinski definition) is 2. The Labute approximate surface area is 198 Å². The van der Waals surface area contributed by atoms with Crippen molar-refractivity contribution in [2.75, 3.05) is 13.1 Å². The topological polar surface area (TPSA) is 95.2 Å². The number of halogens is 2. The molecule has 3 aromatic rings. The number of nitrogens with zero attached hydrogens (tertiary/aromatic N) is 2. The maximum absolute atomic E-state index is 12.6. The van der Waals surface area contributed by atoms with Gasteiger partial charge in [-0.25, -0.2) is 4.98 Å². The first kappa shape index (κ1) is 22.4. The number of para-hydroxylation sites is 2. The maximum atomic E-state index is 12.6. The molecule has 0 unspecified atom stereocenters. The number of aromatic amines is 1. The molecule has 0 spiro atoms. The van der Waals surface area contributed by atoms with E-state index in [9.17, 15) is 14.4 Å². The van der Waals surface area contributed by atoms with Crippen LogP contribution in [0.25, 0.3) is 17.1 Å². The van der Waals surface area contributed by atoms with Gasteiger partial charge in [0.25, 0.3) is 11.1 Å². The first-order chi connectivity index (χ1) is 15.4. The average molecular weight is 489 g/mol. The molecule has 164 valence electrons. The first-order valence-electron chi connectivity index (χ1n) is 9.82. The second-order valence-electron chi connectivity index (χ2n) is 7.03. The number of benzene rings is 2. The Morgan fingerprint density at radius 3 is 2.78 bits per heavy atom. The average Bonchev–Trinajstić information content (AvgIpc) is 3.31. The fourth-order valence-electron chi connectivity index (χ4n) is 3.22. The van der Waals surface area contributed by atoms with E-state index in [4.69, 9.17) is 23.2 Å². The van der Waals surface area contributed by atoms with Crippen LogP contribution in [0.5, 0.6) is 0 Å². The zero-order chi connectivity index (χ0) is 22.7. The SMILES string of the molecule is O=C(CCc1nc2ccccc2[nH]1)NCCN1C(=O)S/C(=C\c2cccc(Cl)c2Cl)C1=O. The molecular weight excluding hydrogens is 471 g/mol. The molecule has 2 aromatic carbocycles. The van der Waals surface area contributed by atoms with E-state index in [1.807, 2.05) is 24.3 Å². The van der Waals surface area contributed by atoms with Crippen molar-refractivity contribution in [3.05, 3.63) is 68.8 Å². The summed E-state index contributed by atoms with van der Waals surface area (Å²) in [6.45, 7) is 0.254. The number of hydrogen-bond acceptors (Lipinski definition) is 5. The number of rotatable bonds is 7. The molecule has 2 heterocycles. The van der Waals surface area contributed by atoms with Gasteiger partial charge >= 0.3 is 0 Å². The zero-order valence-electron chi connectivity index (χ0n) is 16.7. The van der Waals surface area contributed by atoms with E-state index in [-0.39, 0.29) is 30.3 Å². The molecule has 1 fully saturated rings. The minimum atomic E-state index is -0.424. The third-order valence-electron chi connectivity index (χ3n) is 4.83. The summed E-state index contributed by atoms with van der Waals surface area (Å²) in [4.78, 5) is 46.0. The lowest BCUT2D eigenvalue weighted by Gasteiger charge is -2.12. The van der Waals surface area contributed by atoms with Gasteiger partial charge in [0.15, 0.2) is 0 Å². The van der Waals surface area contributed by atoms with Crippen LogP contribution in [0.15, 0.2) is 47.4 Å². The normalized spacial score (nSPS) is 15.2. The molecule has 1 aromatic heterocycles. The number of thioether (sulfide) groups is 1. The number of imide groups is 1. The fraction of sp³-hybridized carbons (Fsp3) is 0.182. The molecule has 4 rings (SSSR count). The van der Waals surface area contributed by atoms with E-state index in [1.54, 1.807) is 24.3 Å². The molecule has 2 N–H and O–H groups in total. The van der Waals surface area contributed by atoms with Crippen LogP contribution < -0.4 is 5.32 Å². The summed E-state index contributed by atoms with van der Waals surface area (Å²) in [6, 6.07) is 12.7. The van der Waals surface area contributed by atoms with Crippen LogP contribution in [0, 0.1) is 0 Å². The number of carbonyl (C=O) groups is 3. The summed E-state index contributed by atoms with van der Waals surface area (Å²) in [6.07, 6.45) is 2.26. The van der Waals surface area contributed by atoms with Crippen LogP contribution in [-0.4, -0.2) is 45.0 Å². The predicted molar refractivity (Wildman–Crippen MR) is 127 cm³/mol. The quantitative estimate of drug-likeness (QED) is 0.471. The van der Waals surface area contributed by atoms with Gasteiger partial charge in [0.1, 0.15) is 5.82 Å². The number of amides is 3. The lowest BCUT2D eigenvalue weighted by Crippen LogP contribution is -2.37. The molecule has 0 saturated carbocycles. The van der Waals surface area contributed by atoms with Gasteiger partial charge in [0, 0.05) is 25.9 Å². The van der Waals surface area contributed by atoms with Crippen molar-refractivity contribution in [1.82, 2.24) is 20.2 Å². The van der Waals surface area contributed by atoms with Crippen molar-refractivity contribution in [3.63, 3.8) is 0 Å². The Hall–Kier alpha value is -2.81. The second kappa shape index (κ2) is 9.77. The van der Waals surface area contributed by atoms with Crippen LogP contribution in [0.3, 0.4) is 0 Å². The minimum Gasteiger partial charge on any atom is -0.354 e. The number of nitrogens with one attached hydrogen (secondary N) is 2. The highest BCUT2D eigenvalue weighted by molar-refractivity contribution is 8.18. The number of H-pyrrole nitrogens is 1. The Balaban J connectivity index is 1.28. The van der Waals surface area contributed by atoms with E-state index < -0.39 is 11.1 Å². The zero-order valence-corrected chi connectivity index (χ0v) is 19.1. The van der Waals surface area contributed by atoms with Crippen LogP contribution in [-0.2, 0) is 16.0 Å². The summed E-state index contributed by atoms with van der Waals surface area (Å²) in [5.41, 5.74) is 2.34. The molecule has 10 heteroatoms. The van der Waals surface area contributed by atoms with Gasteiger partial charge in [-0.15, -0.1) is 0 Å². The summed E-state index contributed by atoms with van der Waals surface area (Å²) in [5.74, 6) is 0.128. The Morgan fingerprint density at radius 2 is 1.97 bits per heavy atom. The molecule has 7 nitrogen and oxygen atoms in total. The van der Waals surface area contributed by atoms with Crippen molar-refractivity contribution in [2.24, 2.45) is 0 Å². The van der Waals surface area contributed by atoms with Crippen LogP contribution in [0.4, 0.5) is 4.79 Å². The van der Waals surface area contributed by atoms with Gasteiger partial charge in [-0.1, -0.05) is 47.5 Å². The third kappa shape index (κ3) is 4.98. The highest BCUT2D eigenvalue weighted by atomic mass is 35.5. The monoisotopic (exact) mass is 488 g/mol. The van der Waals surface area contributed by atoms with E-state index >= 15 is 0 Å². The van der Waals surface area contributed by atoms with Crippen LogP contribution in [0.1, 0.15) is 17.8 Å². The van der Waals surface area contributed by atoms with Gasteiger partial charge in [-0.2, -0.15) is 0 Å². The Bertz CT molecular complexity index is 1210. The summed E-state index contributed by atoms with van der Waals surface area (Å²) in [5, 5.41) is 3.03. The third-order valence-corrected chi connectivity index (χ3v) is 6.57. The smallest absolute Gasteiger partial charge is 0.293 e. The highest BCUT2D eigenvalue weighted by Gasteiger charge is 2.34. The van der Waals surface area contributed by atoms with E-state index in [2.05, 4.69) is 15.3 Å². The number of fused-ring (bicyclic) bond motifs is 1. The fourth-order valence-corrected chi connectivity index (χ4v) is 4.44. The van der Waals surface area contributed by atoms with Gasteiger partial charge in [-0.05, 0) is 41.6 Å². The Kier molecular flexibility index (Phi) is 6.83. The Morgan fingerprint density at radius 1 is 1.16 bits per heavy atom. The van der Waals surface area contributed by atoms with Crippen molar-refractivity contribution in [3.8, 4) is 0 Å². The number of imidazole rings is 1. The van der Waals surface area contributed by atoms with Gasteiger partial charge in [0.05, 0.1) is 26.0 Å². The molecule has 32 heavy (non-hydrogen) atoms. The first-order valence-corrected chi connectivity index (χ1v) is 11.4. The highest BCUT2D eigenvalue weighted by Crippen LogP contribution is 2.34. The summed E-state index contributed by atoms with van der Waals surface area (Å²) >= 11 is 13.0. The molecule has 0 bridgehead atoms. The maximum Gasteiger partial charge on any atom is 0.293 e. The van der Waals surface area contributed by atoms with Crippen molar-refractivity contribution in [1.29, 1.82) is 0 Å². The minimum absolute atomic E-state index is 0.0850. The molecule has 0 aliphatic carbocycles. The van der Waals surface area contributed by atoms with Crippen molar-refractivity contribution >= 4 is 69.1 Å². The molecule has 1 saturated heterocycles. The predicted octanol–water partition coefficient (Wildman–Crippen LogP) is 4.66.